The van der Waals surface area contributed by atoms with Crippen LogP contribution in [-0.4, -0.2) is 20.5 Å². The first-order chi connectivity index (χ1) is 14.7. The van der Waals surface area contributed by atoms with E-state index in [1.807, 2.05) is 0 Å². The largest absolute Gasteiger partial charge is 0.543 e. The molecule has 7 nitrogen and oxygen atoms in total. The van der Waals surface area contributed by atoms with Crippen molar-refractivity contribution in [3.63, 3.8) is 0 Å². The Kier molecular flexibility index (Phi) is 4.77. The molecule has 4 rings (SSSR count). The van der Waals surface area contributed by atoms with Crippen molar-refractivity contribution in [1.29, 1.82) is 0 Å². The smallest absolute Gasteiger partial charge is 0.416 e. The van der Waals surface area contributed by atoms with E-state index in [4.69, 9.17) is 5.73 Å². The molecule has 0 saturated carbocycles. The zero-order valence-corrected chi connectivity index (χ0v) is 15.7. The van der Waals surface area contributed by atoms with Gasteiger partial charge in [0.2, 0.25) is 0 Å². The molecule has 1 aromatic carbocycles. The molecule has 158 valence electrons. The van der Waals surface area contributed by atoms with Gasteiger partial charge in [-0.05, 0) is 48.0 Å². The number of carbonyl (C=O) groups is 1. The summed E-state index contributed by atoms with van der Waals surface area (Å²) >= 11 is 0. The van der Waals surface area contributed by atoms with Gasteiger partial charge < -0.3 is 25.2 Å². The Hall–Kier alpha value is -4.08. The minimum absolute atomic E-state index is 0.0345. The van der Waals surface area contributed by atoms with Gasteiger partial charge in [-0.3, -0.25) is 4.79 Å². The number of halogens is 3. The molecule has 4 aromatic rings. The van der Waals surface area contributed by atoms with E-state index in [1.54, 1.807) is 6.07 Å². The van der Waals surface area contributed by atoms with Gasteiger partial charge in [-0.2, -0.15) is 13.2 Å². The van der Waals surface area contributed by atoms with E-state index in [9.17, 15) is 27.9 Å². The van der Waals surface area contributed by atoms with E-state index < -0.39 is 29.0 Å². The maximum atomic E-state index is 13.4. The van der Waals surface area contributed by atoms with E-state index in [0.717, 1.165) is 12.1 Å². The normalized spacial score (nSPS) is 11.7. The van der Waals surface area contributed by atoms with Gasteiger partial charge in [-0.25, -0.2) is 4.98 Å². The minimum Gasteiger partial charge on any atom is -0.543 e. The molecule has 3 aromatic heterocycles. The first-order valence-electron chi connectivity index (χ1n) is 9.00. The summed E-state index contributed by atoms with van der Waals surface area (Å²) in [4.78, 5) is 30.8. The second kappa shape index (κ2) is 7.31. The molecule has 3 heterocycles. The summed E-state index contributed by atoms with van der Waals surface area (Å²) in [5.41, 5.74) is 4.19. The van der Waals surface area contributed by atoms with Crippen LogP contribution < -0.4 is 16.4 Å². The molecule has 10 heteroatoms. The number of nitrogens with one attached hydrogen (secondary N) is 1. The highest BCUT2D eigenvalue weighted by Gasteiger charge is 2.32. The third-order valence-corrected chi connectivity index (χ3v) is 4.86. The number of nitrogens with two attached hydrogens (primary N) is 1. The zero-order chi connectivity index (χ0) is 22.3. The third kappa shape index (κ3) is 3.63. The van der Waals surface area contributed by atoms with Crippen molar-refractivity contribution in [1.82, 2.24) is 14.5 Å². The SMILES string of the molecule is Nc1cc(Cn2c(C(=O)[O-])c(-c3ccc[nH]c3=O)c3cc(C(F)(F)F)ccc32)ccn1. The monoisotopic (exact) mass is 427 g/mol. The predicted molar refractivity (Wildman–Crippen MR) is 105 cm³/mol. The molecule has 0 aliphatic carbocycles. The van der Waals surface area contributed by atoms with E-state index >= 15 is 0 Å². The number of nitrogen functional groups attached to an aromatic ring is 1. The highest BCUT2D eigenvalue weighted by Crippen LogP contribution is 2.38. The Labute approximate surface area is 172 Å². The lowest BCUT2D eigenvalue weighted by Crippen LogP contribution is -2.27. The Morgan fingerprint density at radius 3 is 2.61 bits per heavy atom. The molecule has 0 bridgehead atoms. The molecular formula is C21H14F3N4O3-. The van der Waals surface area contributed by atoms with Gasteiger partial charge >= 0.3 is 6.18 Å². The number of fused-ring (bicyclic) bond motifs is 1. The molecule has 0 fully saturated rings. The molecular weight excluding hydrogens is 413 g/mol. The lowest BCUT2D eigenvalue weighted by atomic mass is 10.0. The van der Waals surface area contributed by atoms with Gasteiger partial charge in [0.15, 0.2) is 0 Å². The number of alkyl halides is 3. The summed E-state index contributed by atoms with van der Waals surface area (Å²) in [6.45, 7) is -0.0391. The number of H-pyrrole nitrogens is 1. The Morgan fingerprint density at radius 2 is 1.97 bits per heavy atom. The topological polar surface area (TPSA) is 117 Å². The van der Waals surface area contributed by atoms with Crippen LogP contribution in [0.4, 0.5) is 19.0 Å². The van der Waals surface area contributed by atoms with Crippen molar-refractivity contribution in [2.24, 2.45) is 0 Å². The summed E-state index contributed by atoms with van der Waals surface area (Å²) in [6.07, 6.45) is -1.89. The summed E-state index contributed by atoms with van der Waals surface area (Å²) in [5.74, 6) is -1.44. The lowest BCUT2D eigenvalue weighted by Gasteiger charge is -2.13. The number of anilines is 1. The van der Waals surface area contributed by atoms with Crippen LogP contribution in [0.3, 0.4) is 0 Å². The van der Waals surface area contributed by atoms with Crippen molar-refractivity contribution in [2.45, 2.75) is 12.7 Å². The fourth-order valence-electron chi connectivity index (χ4n) is 3.57. The van der Waals surface area contributed by atoms with Crippen LogP contribution in [0.2, 0.25) is 0 Å². The first-order valence-corrected chi connectivity index (χ1v) is 9.00. The molecule has 0 aliphatic heterocycles. The third-order valence-electron chi connectivity index (χ3n) is 4.86. The van der Waals surface area contributed by atoms with Gasteiger partial charge in [0.05, 0.1) is 17.2 Å². The number of pyridine rings is 2. The number of nitrogens with zero attached hydrogens (tertiary/aromatic N) is 2. The van der Waals surface area contributed by atoms with Crippen molar-refractivity contribution >= 4 is 22.7 Å². The number of aromatic carboxylic acids is 1. The van der Waals surface area contributed by atoms with Crippen LogP contribution in [0.5, 0.6) is 0 Å². The average molecular weight is 427 g/mol. The standard InChI is InChI=1S/C21H15F3N4O3/c22-21(23,24)12-3-4-15-14(9-12)17(13-2-1-6-27-19(13)29)18(20(30)31)28(15)10-11-5-7-26-16(25)8-11/h1-9H,10H2,(H2,25,26)(H,27,29)(H,30,31)/p-1. The van der Waals surface area contributed by atoms with Crippen LogP contribution >= 0.6 is 0 Å². The Morgan fingerprint density at radius 1 is 1.19 bits per heavy atom. The number of rotatable bonds is 4. The van der Waals surface area contributed by atoms with Crippen LogP contribution in [-0.2, 0) is 12.7 Å². The molecule has 0 spiro atoms. The second-order valence-corrected chi connectivity index (χ2v) is 6.83. The Bertz CT molecular complexity index is 1370. The molecule has 3 N–H and O–H groups in total. The maximum Gasteiger partial charge on any atom is 0.416 e. The Balaban J connectivity index is 2.10. The zero-order valence-electron chi connectivity index (χ0n) is 15.7. The number of carboxylic acids is 1. The fourth-order valence-corrected chi connectivity index (χ4v) is 3.57. The van der Waals surface area contributed by atoms with Crippen molar-refractivity contribution in [3.05, 3.63) is 82.0 Å². The van der Waals surface area contributed by atoms with E-state index in [1.165, 1.54) is 41.2 Å². The van der Waals surface area contributed by atoms with Crippen LogP contribution in [0, 0.1) is 0 Å². The lowest BCUT2D eigenvalue weighted by molar-refractivity contribution is -0.255. The molecule has 31 heavy (non-hydrogen) atoms. The van der Waals surface area contributed by atoms with Gasteiger partial charge in [-0.1, -0.05) is 0 Å². The molecule has 0 unspecified atom stereocenters. The fraction of sp³-hybridized carbons (Fsp3) is 0.0952. The molecule has 0 amide bonds. The maximum absolute atomic E-state index is 13.4. The van der Waals surface area contributed by atoms with E-state index in [2.05, 4.69) is 9.97 Å². The predicted octanol–water partition coefficient (Wildman–Crippen LogP) is 2.40. The van der Waals surface area contributed by atoms with Gasteiger partial charge in [0.25, 0.3) is 5.56 Å². The van der Waals surface area contributed by atoms with Gasteiger partial charge in [0.1, 0.15) is 5.82 Å². The number of hydrogen-bond acceptors (Lipinski definition) is 5. The van der Waals surface area contributed by atoms with Crippen molar-refractivity contribution < 1.29 is 23.1 Å². The number of aromatic amines is 1. The van der Waals surface area contributed by atoms with Crippen LogP contribution in [0.25, 0.3) is 22.0 Å². The highest BCUT2D eigenvalue weighted by molar-refractivity contribution is 6.07. The van der Waals surface area contributed by atoms with Crippen molar-refractivity contribution in [3.8, 4) is 11.1 Å². The molecule has 0 radical (unpaired) electrons. The van der Waals surface area contributed by atoms with Crippen LogP contribution in [0.1, 0.15) is 21.6 Å². The number of benzene rings is 1. The van der Waals surface area contributed by atoms with Gasteiger partial charge in [-0.15, -0.1) is 0 Å². The number of carbonyl (C=O) groups excluding carboxylic acids is 1. The van der Waals surface area contributed by atoms with Crippen LogP contribution in [0.15, 0.2) is 59.7 Å². The summed E-state index contributed by atoms with van der Waals surface area (Å²) in [6, 6.07) is 8.78. The summed E-state index contributed by atoms with van der Waals surface area (Å²) in [7, 11) is 0. The van der Waals surface area contributed by atoms with E-state index in [-0.39, 0.29) is 34.4 Å². The molecule has 0 aliphatic rings. The first kappa shape index (κ1) is 20.2. The average Bonchev–Trinajstić information content (AvgIpc) is 3.01. The van der Waals surface area contributed by atoms with Crippen molar-refractivity contribution in [2.75, 3.05) is 5.73 Å². The number of carboxylic acid groups (broad SMARTS) is 1. The van der Waals surface area contributed by atoms with E-state index in [0.29, 0.717) is 5.56 Å². The quantitative estimate of drug-likeness (QED) is 0.519. The second-order valence-electron chi connectivity index (χ2n) is 6.83. The summed E-state index contributed by atoms with van der Waals surface area (Å²) in [5, 5.41) is 12.1. The number of aromatic nitrogens is 3. The van der Waals surface area contributed by atoms with Gasteiger partial charge in [0, 0.05) is 41.0 Å². The molecule has 0 atom stereocenters. The molecule has 0 saturated heterocycles. The number of hydrogen-bond donors (Lipinski definition) is 2. The summed E-state index contributed by atoms with van der Waals surface area (Å²) < 4.78 is 41.4. The minimum atomic E-state index is -4.65. The highest BCUT2D eigenvalue weighted by atomic mass is 19.4.